The van der Waals surface area contributed by atoms with E-state index in [0.29, 0.717) is 16.4 Å². The van der Waals surface area contributed by atoms with E-state index in [1.54, 1.807) is 0 Å². The van der Waals surface area contributed by atoms with Crippen LogP contribution < -0.4 is 0 Å². The molecular formula is C13H13N3OS. The lowest BCUT2D eigenvalue weighted by atomic mass is 10.1. The van der Waals surface area contributed by atoms with E-state index in [-0.39, 0.29) is 0 Å². The third kappa shape index (κ3) is 1.74. The molecule has 2 aromatic rings. The van der Waals surface area contributed by atoms with Crippen LogP contribution in [0, 0.1) is 16.1 Å². The lowest BCUT2D eigenvalue weighted by Crippen LogP contribution is -2.19. The van der Waals surface area contributed by atoms with E-state index in [1.807, 2.05) is 18.2 Å². The third-order valence-electron chi connectivity index (χ3n) is 3.43. The van der Waals surface area contributed by atoms with Crippen LogP contribution in [0.25, 0.3) is 11.0 Å². The molecule has 18 heavy (non-hydrogen) atoms. The first-order valence-corrected chi connectivity index (χ1v) is 6.43. The topological polar surface area (TPSA) is 53.7 Å². The summed E-state index contributed by atoms with van der Waals surface area (Å²) in [5, 5.41) is 9.11. The molecule has 1 aliphatic heterocycles. The zero-order valence-electron chi connectivity index (χ0n) is 9.85. The Hall–Kier alpha value is -1.64. The second-order valence-corrected chi connectivity index (χ2v) is 4.84. The quantitative estimate of drug-likeness (QED) is 0.801. The van der Waals surface area contributed by atoms with E-state index >= 15 is 0 Å². The van der Waals surface area contributed by atoms with E-state index < -0.39 is 0 Å². The maximum absolute atomic E-state index is 9.11. The number of hydrogen-bond acceptors (Lipinski definition) is 3. The molecule has 0 saturated carbocycles. The lowest BCUT2D eigenvalue weighted by Gasteiger charge is -2.24. The van der Waals surface area contributed by atoms with E-state index in [0.717, 1.165) is 37.1 Å². The second kappa shape index (κ2) is 4.56. The van der Waals surface area contributed by atoms with Gasteiger partial charge in [0.15, 0.2) is 4.77 Å². The maximum atomic E-state index is 9.11. The van der Waals surface area contributed by atoms with Crippen molar-refractivity contribution in [2.24, 2.45) is 0 Å². The van der Waals surface area contributed by atoms with E-state index in [9.17, 15) is 0 Å². The molecule has 0 amide bonds. The zero-order valence-corrected chi connectivity index (χ0v) is 10.7. The predicted molar refractivity (Wildman–Crippen MR) is 70.9 cm³/mol. The van der Waals surface area contributed by atoms with Gasteiger partial charge < -0.3 is 14.3 Å². The summed E-state index contributed by atoms with van der Waals surface area (Å²) in [5.74, 6) is 0. The molecule has 0 bridgehead atoms. The molecule has 1 aromatic carbocycles. The maximum Gasteiger partial charge on any atom is 0.178 e. The molecule has 2 heterocycles. The van der Waals surface area contributed by atoms with Crippen LogP contribution >= 0.6 is 12.2 Å². The highest BCUT2D eigenvalue weighted by atomic mass is 32.1. The highest BCUT2D eigenvalue weighted by molar-refractivity contribution is 7.71. The molecule has 1 aromatic heterocycles. The number of benzene rings is 1. The number of H-pyrrole nitrogens is 1. The number of aromatic nitrogens is 2. The van der Waals surface area contributed by atoms with Crippen molar-refractivity contribution in [3.8, 4) is 6.07 Å². The number of imidazole rings is 1. The Labute approximate surface area is 110 Å². The van der Waals surface area contributed by atoms with Gasteiger partial charge in [-0.25, -0.2) is 0 Å². The Morgan fingerprint density at radius 1 is 1.39 bits per heavy atom. The monoisotopic (exact) mass is 259 g/mol. The lowest BCUT2D eigenvalue weighted by molar-refractivity contribution is 0.0702. The number of fused-ring (bicyclic) bond motifs is 1. The van der Waals surface area contributed by atoms with Gasteiger partial charge >= 0.3 is 0 Å². The van der Waals surface area contributed by atoms with Crippen LogP contribution in [-0.4, -0.2) is 22.8 Å². The number of nitrogens with one attached hydrogen (secondary N) is 1. The predicted octanol–water partition coefficient (Wildman–Crippen LogP) is 2.92. The van der Waals surface area contributed by atoms with Crippen molar-refractivity contribution in [2.75, 3.05) is 13.2 Å². The average molecular weight is 259 g/mol. The number of ether oxygens (including phenoxy) is 1. The van der Waals surface area contributed by atoms with Crippen molar-refractivity contribution in [2.45, 2.75) is 18.9 Å². The van der Waals surface area contributed by atoms with Crippen LogP contribution in [0.3, 0.4) is 0 Å². The van der Waals surface area contributed by atoms with Crippen molar-refractivity contribution >= 4 is 23.3 Å². The Bertz CT molecular complexity index is 674. The molecule has 1 aliphatic rings. The van der Waals surface area contributed by atoms with Crippen LogP contribution in [0.2, 0.25) is 0 Å². The highest BCUT2D eigenvalue weighted by Crippen LogP contribution is 2.27. The molecular weight excluding hydrogens is 246 g/mol. The number of aromatic amines is 1. The van der Waals surface area contributed by atoms with Gasteiger partial charge in [0.2, 0.25) is 0 Å². The Balaban J connectivity index is 2.20. The van der Waals surface area contributed by atoms with E-state index in [1.165, 1.54) is 0 Å². The molecule has 5 heteroatoms. The summed E-state index contributed by atoms with van der Waals surface area (Å²) in [6.45, 7) is 1.55. The van der Waals surface area contributed by atoms with Gasteiger partial charge in [-0.2, -0.15) is 5.26 Å². The van der Waals surface area contributed by atoms with Crippen LogP contribution in [0.15, 0.2) is 18.2 Å². The summed E-state index contributed by atoms with van der Waals surface area (Å²) >= 11 is 5.40. The molecule has 92 valence electrons. The minimum Gasteiger partial charge on any atom is -0.381 e. The van der Waals surface area contributed by atoms with Gasteiger partial charge in [-0.15, -0.1) is 0 Å². The molecule has 0 aliphatic carbocycles. The number of para-hydroxylation sites is 1. The first-order valence-electron chi connectivity index (χ1n) is 6.02. The first-order chi connectivity index (χ1) is 8.81. The molecule has 0 atom stereocenters. The standard InChI is InChI=1S/C13H13N3OS/c14-8-9-2-1-3-11-12(9)15-13(18)16(11)10-4-6-17-7-5-10/h1-3,10H,4-7H2,(H,15,18). The second-order valence-electron chi connectivity index (χ2n) is 4.46. The van der Waals surface area contributed by atoms with Gasteiger partial charge in [0.1, 0.15) is 6.07 Å². The highest BCUT2D eigenvalue weighted by Gasteiger charge is 2.19. The van der Waals surface area contributed by atoms with Crippen molar-refractivity contribution in [3.63, 3.8) is 0 Å². The van der Waals surface area contributed by atoms with E-state index in [2.05, 4.69) is 15.6 Å². The third-order valence-corrected chi connectivity index (χ3v) is 3.73. The van der Waals surface area contributed by atoms with E-state index in [4.69, 9.17) is 22.2 Å². The Morgan fingerprint density at radius 3 is 2.89 bits per heavy atom. The molecule has 3 rings (SSSR count). The normalized spacial score (nSPS) is 16.8. The van der Waals surface area contributed by atoms with Crippen LogP contribution in [0.1, 0.15) is 24.4 Å². The fourth-order valence-corrected chi connectivity index (χ4v) is 2.90. The summed E-state index contributed by atoms with van der Waals surface area (Å²) in [5.41, 5.74) is 2.51. The summed E-state index contributed by atoms with van der Waals surface area (Å²) < 4.78 is 8.21. The summed E-state index contributed by atoms with van der Waals surface area (Å²) in [7, 11) is 0. The molecule has 4 nitrogen and oxygen atoms in total. The van der Waals surface area contributed by atoms with Gasteiger partial charge in [-0.3, -0.25) is 0 Å². The zero-order chi connectivity index (χ0) is 12.5. The minimum atomic E-state index is 0.369. The molecule has 0 spiro atoms. The Morgan fingerprint density at radius 2 is 2.17 bits per heavy atom. The fraction of sp³-hybridized carbons (Fsp3) is 0.385. The van der Waals surface area contributed by atoms with Gasteiger partial charge in [0.25, 0.3) is 0 Å². The fourth-order valence-electron chi connectivity index (χ4n) is 2.55. The molecule has 0 unspecified atom stereocenters. The number of rotatable bonds is 1. The SMILES string of the molecule is N#Cc1cccc2c1[nH]c(=S)n2C1CCOCC1. The smallest absolute Gasteiger partial charge is 0.178 e. The average Bonchev–Trinajstić information content (AvgIpc) is 2.75. The van der Waals surface area contributed by atoms with Crippen LogP contribution in [-0.2, 0) is 4.74 Å². The summed E-state index contributed by atoms with van der Waals surface area (Å²) in [6.07, 6.45) is 1.94. The van der Waals surface area contributed by atoms with Gasteiger partial charge in [0.05, 0.1) is 16.6 Å². The summed E-state index contributed by atoms with van der Waals surface area (Å²) in [4.78, 5) is 3.16. The van der Waals surface area contributed by atoms with Crippen molar-refractivity contribution in [3.05, 3.63) is 28.5 Å². The van der Waals surface area contributed by atoms with Gasteiger partial charge in [-0.1, -0.05) is 6.07 Å². The van der Waals surface area contributed by atoms with Crippen molar-refractivity contribution in [1.29, 1.82) is 5.26 Å². The van der Waals surface area contributed by atoms with Crippen molar-refractivity contribution < 1.29 is 4.74 Å². The Kier molecular flexibility index (Phi) is 2.90. The molecule has 1 N–H and O–H groups in total. The van der Waals surface area contributed by atoms with Crippen LogP contribution in [0.4, 0.5) is 0 Å². The van der Waals surface area contributed by atoms with Crippen molar-refractivity contribution in [1.82, 2.24) is 9.55 Å². The summed E-state index contributed by atoms with van der Waals surface area (Å²) in [6, 6.07) is 8.29. The van der Waals surface area contributed by atoms with Gasteiger partial charge in [0, 0.05) is 19.3 Å². The molecule has 1 saturated heterocycles. The molecule has 1 fully saturated rings. The first kappa shape index (κ1) is 11.5. The number of hydrogen-bond donors (Lipinski definition) is 1. The largest absolute Gasteiger partial charge is 0.381 e. The number of nitriles is 1. The minimum absolute atomic E-state index is 0.369. The number of nitrogens with zero attached hydrogens (tertiary/aromatic N) is 2. The molecule has 0 radical (unpaired) electrons. The van der Waals surface area contributed by atoms with Crippen LogP contribution in [0.5, 0.6) is 0 Å². The van der Waals surface area contributed by atoms with Gasteiger partial charge in [-0.05, 0) is 37.2 Å².